The summed E-state index contributed by atoms with van der Waals surface area (Å²) in [6.45, 7) is 3.68. The maximum Gasteiger partial charge on any atom is 0.319 e. The average Bonchev–Trinajstić information content (AvgIpc) is 2.40. The Labute approximate surface area is 123 Å². The van der Waals surface area contributed by atoms with Gasteiger partial charge in [-0.05, 0) is 31.0 Å². The first kappa shape index (κ1) is 16.3. The molecule has 0 aliphatic carbocycles. The number of rotatable bonds is 6. The number of anilines is 1. The molecular weight excluding hydrogens is 280 g/mol. The first-order chi connectivity index (χ1) is 9.43. The SMILES string of the molecule is CCC(CC)(CNC(=O)Nc1cccc(Cl)c1)C(=O)O. The number of carbonyl (C=O) groups is 2. The predicted octanol–water partition coefficient (Wildman–Crippen LogP) is 3.35. The monoisotopic (exact) mass is 298 g/mol. The van der Waals surface area contributed by atoms with E-state index in [1.807, 2.05) is 0 Å². The van der Waals surface area contributed by atoms with Crippen molar-refractivity contribution in [1.82, 2.24) is 5.32 Å². The highest BCUT2D eigenvalue weighted by Crippen LogP contribution is 2.25. The molecule has 1 aromatic carbocycles. The van der Waals surface area contributed by atoms with Crippen LogP contribution >= 0.6 is 11.6 Å². The zero-order valence-corrected chi connectivity index (χ0v) is 12.3. The third kappa shape index (κ3) is 4.13. The van der Waals surface area contributed by atoms with E-state index >= 15 is 0 Å². The second-order valence-electron chi connectivity index (χ2n) is 4.61. The second kappa shape index (κ2) is 7.14. The number of carboxylic acids is 1. The van der Waals surface area contributed by atoms with Gasteiger partial charge < -0.3 is 15.7 Å². The summed E-state index contributed by atoms with van der Waals surface area (Å²) in [4.78, 5) is 23.1. The molecule has 0 spiro atoms. The van der Waals surface area contributed by atoms with Gasteiger partial charge in [-0.25, -0.2) is 4.79 Å². The summed E-state index contributed by atoms with van der Waals surface area (Å²) in [5, 5.41) is 15.0. The molecule has 0 bridgehead atoms. The van der Waals surface area contributed by atoms with Crippen molar-refractivity contribution in [1.29, 1.82) is 0 Å². The topological polar surface area (TPSA) is 78.4 Å². The molecule has 0 saturated heterocycles. The Hall–Kier alpha value is -1.75. The number of benzene rings is 1. The fourth-order valence-electron chi connectivity index (χ4n) is 1.87. The Morgan fingerprint density at radius 2 is 1.95 bits per heavy atom. The minimum absolute atomic E-state index is 0.0851. The zero-order chi connectivity index (χ0) is 15.2. The zero-order valence-electron chi connectivity index (χ0n) is 11.6. The quantitative estimate of drug-likeness (QED) is 0.753. The van der Waals surface area contributed by atoms with Crippen LogP contribution in [0.15, 0.2) is 24.3 Å². The number of carboxylic acid groups (broad SMARTS) is 1. The van der Waals surface area contributed by atoms with Crippen LogP contribution in [0.3, 0.4) is 0 Å². The van der Waals surface area contributed by atoms with Crippen molar-refractivity contribution in [2.24, 2.45) is 5.41 Å². The summed E-state index contributed by atoms with van der Waals surface area (Å²) in [6.07, 6.45) is 0.909. The molecule has 0 heterocycles. The van der Waals surface area contributed by atoms with Gasteiger partial charge in [0, 0.05) is 17.3 Å². The van der Waals surface area contributed by atoms with Gasteiger partial charge in [-0.1, -0.05) is 31.5 Å². The van der Waals surface area contributed by atoms with Crippen molar-refractivity contribution >= 4 is 29.3 Å². The summed E-state index contributed by atoms with van der Waals surface area (Å²) < 4.78 is 0. The molecule has 6 heteroatoms. The van der Waals surface area contributed by atoms with Crippen LogP contribution in [-0.4, -0.2) is 23.7 Å². The molecule has 0 aliphatic rings. The van der Waals surface area contributed by atoms with Gasteiger partial charge in [0.15, 0.2) is 0 Å². The molecule has 0 unspecified atom stereocenters. The molecule has 5 nitrogen and oxygen atoms in total. The highest BCUT2D eigenvalue weighted by molar-refractivity contribution is 6.30. The third-order valence-corrected chi connectivity index (χ3v) is 3.71. The Balaban J connectivity index is 2.61. The molecular formula is C14H19ClN2O3. The van der Waals surface area contributed by atoms with Gasteiger partial charge in [0.05, 0.1) is 5.41 Å². The largest absolute Gasteiger partial charge is 0.481 e. The van der Waals surface area contributed by atoms with Crippen LogP contribution in [0, 0.1) is 5.41 Å². The molecule has 0 aromatic heterocycles. The van der Waals surface area contributed by atoms with Crippen molar-refractivity contribution < 1.29 is 14.7 Å². The van der Waals surface area contributed by atoms with Crippen LogP contribution in [0.4, 0.5) is 10.5 Å². The van der Waals surface area contributed by atoms with E-state index < -0.39 is 17.4 Å². The van der Waals surface area contributed by atoms with Gasteiger partial charge in [-0.2, -0.15) is 0 Å². The van der Waals surface area contributed by atoms with Crippen LogP contribution in [0.25, 0.3) is 0 Å². The minimum Gasteiger partial charge on any atom is -0.481 e. The number of hydrogen-bond acceptors (Lipinski definition) is 2. The molecule has 1 aromatic rings. The van der Waals surface area contributed by atoms with Crippen molar-refractivity contribution in [3.05, 3.63) is 29.3 Å². The fraction of sp³-hybridized carbons (Fsp3) is 0.429. The molecule has 0 saturated carbocycles. The van der Waals surface area contributed by atoms with Crippen LogP contribution in [0.1, 0.15) is 26.7 Å². The number of amides is 2. The Kier molecular flexibility index (Phi) is 5.82. The number of carbonyl (C=O) groups excluding carboxylic acids is 1. The first-order valence-electron chi connectivity index (χ1n) is 6.47. The normalized spacial score (nSPS) is 10.9. The van der Waals surface area contributed by atoms with E-state index in [-0.39, 0.29) is 6.54 Å². The number of hydrogen-bond donors (Lipinski definition) is 3. The first-order valence-corrected chi connectivity index (χ1v) is 6.85. The molecule has 3 N–H and O–H groups in total. The number of halogens is 1. The van der Waals surface area contributed by atoms with Gasteiger partial charge in [0.2, 0.25) is 0 Å². The summed E-state index contributed by atoms with van der Waals surface area (Å²) in [6, 6.07) is 6.30. The lowest BCUT2D eigenvalue weighted by atomic mass is 9.82. The lowest BCUT2D eigenvalue weighted by molar-refractivity contribution is -0.149. The minimum atomic E-state index is -0.925. The maximum absolute atomic E-state index is 11.8. The molecule has 0 aliphatic heterocycles. The molecule has 0 fully saturated rings. The van der Waals surface area contributed by atoms with Crippen LogP contribution < -0.4 is 10.6 Å². The van der Waals surface area contributed by atoms with Crippen molar-refractivity contribution in [3.63, 3.8) is 0 Å². The summed E-state index contributed by atoms with van der Waals surface area (Å²) >= 11 is 5.81. The van der Waals surface area contributed by atoms with Gasteiger partial charge >= 0.3 is 12.0 Å². The molecule has 2 amide bonds. The summed E-state index contributed by atoms with van der Waals surface area (Å²) in [5.74, 6) is -0.898. The van der Waals surface area contributed by atoms with E-state index in [4.69, 9.17) is 11.6 Å². The summed E-state index contributed by atoms with van der Waals surface area (Å²) in [7, 11) is 0. The van der Waals surface area contributed by atoms with Crippen LogP contribution in [-0.2, 0) is 4.79 Å². The van der Waals surface area contributed by atoms with Crippen molar-refractivity contribution in [2.45, 2.75) is 26.7 Å². The van der Waals surface area contributed by atoms with Crippen LogP contribution in [0.5, 0.6) is 0 Å². The molecule has 0 radical (unpaired) electrons. The number of urea groups is 1. The summed E-state index contributed by atoms with van der Waals surface area (Å²) in [5.41, 5.74) is -0.366. The van der Waals surface area contributed by atoms with Gasteiger partial charge in [-0.15, -0.1) is 0 Å². The highest BCUT2D eigenvalue weighted by atomic mass is 35.5. The highest BCUT2D eigenvalue weighted by Gasteiger charge is 2.35. The van der Waals surface area contributed by atoms with Crippen molar-refractivity contribution in [2.75, 3.05) is 11.9 Å². The maximum atomic E-state index is 11.8. The second-order valence-corrected chi connectivity index (χ2v) is 5.05. The molecule has 1 rings (SSSR count). The standard InChI is InChI=1S/C14H19ClN2O3/c1-3-14(4-2,12(18)19)9-16-13(20)17-11-7-5-6-10(15)8-11/h5-8H,3-4,9H2,1-2H3,(H,18,19)(H2,16,17,20). The number of aliphatic carboxylic acids is 1. The molecule has 0 atom stereocenters. The number of nitrogens with one attached hydrogen (secondary N) is 2. The lowest BCUT2D eigenvalue weighted by Gasteiger charge is -2.26. The molecule has 110 valence electrons. The Morgan fingerprint density at radius 3 is 2.45 bits per heavy atom. The Morgan fingerprint density at radius 1 is 1.30 bits per heavy atom. The van der Waals surface area contributed by atoms with Crippen LogP contribution in [0.2, 0.25) is 5.02 Å². The van der Waals surface area contributed by atoms with E-state index in [0.717, 1.165) is 0 Å². The average molecular weight is 299 g/mol. The predicted molar refractivity (Wildman–Crippen MR) is 79.1 cm³/mol. The van der Waals surface area contributed by atoms with Gasteiger partial charge in [0.25, 0.3) is 0 Å². The fourth-order valence-corrected chi connectivity index (χ4v) is 2.06. The van der Waals surface area contributed by atoms with E-state index in [0.29, 0.717) is 23.6 Å². The van der Waals surface area contributed by atoms with Gasteiger partial charge in [-0.3, -0.25) is 4.79 Å². The molecule has 20 heavy (non-hydrogen) atoms. The van der Waals surface area contributed by atoms with E-state index in [2.05, 4.69) is 10.6 Å². The Bertz CT molecular complexity index is 487. The van der Waals surface area contributed by atoms with E-state index in [1.165, 1.54) is 0 Å². The van der Waals surface area contributed by atoms with E-state index in [9.17, 15) is 14.7 Å². The van der Waals surface area contributed by atoms with E-state index in [1.54, 1.807) is 38.1 Å². The third-order valence-electron chi connectivity index (χ3n) is 3.48. The smallest absolute Gasteiger partial charge is 0.319 e. The van der Waals surface area contributed by atoms with Gasteiger partial charge in [0.1, 0.15) is 0 Å². The van der Waals surface area contributed by atoms with Crippen molar-refractivity contribution in [3.8, 4) is 0 Å². The lowest BCUT2D eigenvalue weighted by Crippen LogP contribution is -2.43.